The first-order chi connectivity index (χ1) is 17.5. The number of amides is 2. The molecule has 36 heavy (non-hydrogen) atoms. The third kappa shape index (κ3) is 6.88. The largest absolute Gasteiger partial charge is 0.493 e. The Balaban J connectivity index is 1.47. The highest BCUT2D eigenvalue weighted by atomic mass is 32.1. The summed E-state index contributed by atoms with van der Waals surface area (Å²) in [7, 11) is 3.24. The van der Waals surface area contributed by atoms with Crippen molar-refractivity contribution in [2.24, 2.45) is 0 Å². The smallest absolute Gasteiger partial charge is 0.242 e. The van der Waals surface area contributed by atoms with Gasteiger partial charge in [0.1, 0.15) is 6.54 Å². The summed E-state index contributed by atoms with van der Waals surface area (Å²) in [6.07, 6.45) is 2.92. The summed E-state index contributed by atoms with van der Waals surface area (Å²) in [5, 5.41) is 0. The van der Waals surface area contributed by atoms with Crippen LogP contribution in [0.2, 0.25) is 0 Å². The molecule has 0 aliphatic heterocycles. The summed E-state index contributed by atoms with van der Waals surface area (Å²) in [4.78, 5) is 32.8. The maximum absolute atomic E-state index is 13.6. The number of ether oxygens (including phenoxy) is 2. The van der Waals surface area contributed by atoms with Gasteiger partial charge in [0, 0.05) is 22.3 Å². The number of nitrogens with zero attached hydrogens (tertiary/aromatic N) is 2. The van der Waals surface area contributed by atoms with Gasteiger partial charge in [-0.1, -0.05) is 36.4 Å². The fourth-order valence-corrected chi connectivity index (χ4v) is 5.18. The van der Waals surface area contributed by atoms with Crippen LogP contribution in [0.4, 0.5) is 0 Å². The van der Waals surface area contributed by atoms with E-state index in [1.165, 1.54) is 4.88 Å². The van der Waals surface area contributed by atoms with E-state index in [0.717, 1.165) is 28.8 Å². The van der Waals surface area contributed by atoms with Crippen LogP contribution < -0.4 is 9.47 Å². The van der Waals surface area contributed by atoms with Gasteiger partial charge in [0.15, 0.2) is 11.5 Å². The highest BCUT2D eigenvalue weighted by Crippen LogP contribution is 2.29. The van der Waals surface area contributed by atoms with Crippen molar-refractivity contribution in [2.45, 2.75) is 45.2 Å². The van der Waals surface area contributed by atoms with Crippen molar-refractivity contribution < 1.29 is 19.1 Å². The lowest BCUT2D eigenvalue weighted by Crippen LogP contribution is -2.44. The second kappa shape index (κ2) is 12.1. The summed E-state index contributed by atoms with van der Waals surface area (Å²) in [5.41, 5.74) is 2.03. The van der Waals surface area contributed by atoms with Crippen molar-refractivity contribution in [3.63, 3.8) is 0 Å². The summed E-state index contributed by atoms with van der Waals surface area (Å²) >= 11 is 1.70. The van der Waals surface area contributed by atoms with Gasteiger partial charge < -0.3 is 19.3 Å². The molecule has 0 radical (unpaired) electrons. The fraction of sp³-hybridized carbons (Fsp3) is 0.379. The zero-order valence-corrected chi connectivity index (χ0v) is 22.1. The summed E-state index contributed by atoms with van der Waals surface area (Å²) in [6, 6.07) is 19.9. The zero-order chi connectivity index (χ0) is 25.5. The number of methoxy groups -OCH3 is 2. The number of aryl methyl sites for hydroxylation is 1. The van der Waals surface area contributed by atoms with E-state index in [-0.39, 0.29) is 24.4 Å². The van der Waals surface area contributed by atoms with Crippen LogP contribution in [0, 0.1) is 6.92 Å². The molecule has 0 spiro atoms. The maximum atomic E-state index is 13.6. The van der Waals surface area contributed by atoms with Gasteiger partial charge in [-0.3, -0.25) is 9.59 Å². The second-order valence-electron chi connectivity index (χ2n) is 9.18. The predicted octanol–water partition coefficient (Wildman–Crippen LogP) is 4.88. The van der Waals surface area contributed by atoms with Crippen LogP contribution in [-0.4, -0.2) is 55.0 Å². The van der Waals surface area contributed by atoms with E-state index in [1.54, 1.807) is 30.5 Å². The highest BCUT2D eigenvalue weighted by Gasteiger charge is 2.34. The number of carbonyl (C=O) groups is 2. The quantitative estimate of drug-likeness (QED) is 0.351. The third-order valence-electron chi connectivity index (χ3n) is 6.43. The first kappa shape index (κ1) is 25.8. The molecule has 1 fully saturated rings. The Morgan fingerprint density at radius 1 is 0.917 bits per heavy atom. The van der Waals surface area contributed by atoms with Crippen LogP contribution in [0.1, 0.15) is 33.7 Å². The normalized spacial score (nSPS) is 12.8. The molecule has 7 heteroatoms. The number of rotatable bonds is 12. The van der Waals surface area contributed by atoms with Crippen molar-refractivity contribution >= 4 is 23.2 Å². The van der Waals surface area contributed by atoms with E-state index in [2.05, 4.69) is 19.1 Å². The molecule has 4 rings (SSSR count). The van der Waals surface area contributed by atoms with Crippen LogP contribution in [0.3, 0.4) is 0 Å². The molecule has 0 bridgehead atoms. The molecule has 190 valence electrons. The molecule has 1 heterocycles. The van der Waals surface area contributed by atoms with Crippen molar-refractivity contribution in [3.05, 3.63) is 81.5 Å². The van der Waals surface area contributed by atoms with E-state index in [0.29, 0.717) is 37.4 Å². The van der Waals surface area contributed by atoms with E-state index < -0.39 is 0 Å². The third-order valence-corrected chi connectivity index (χ3v) is 7.41. The average Bonchev–Trinajstić information content (AvgIpc) is 3.65. The lowest BCUT2D eigenvalue weighted by molar-refractivity contribution is -0.141. The molecular formula is C29H34N2O4S. The molecule has 3 aromatic rings. The van der Waals surface area contributed by atoms with Crippen molar-refractivity contribution in [2.75, 3.05) is 27.3 Å². The van der Waals surface area contributed by atoms with Gasteiger partial charge >= 0.3 is 0 Å². The van der Waals surface area contributed by atoms with Gasteiger partial charge in [-0.05, 0) is 61.6 Å². The molecule has 0 N–H and O–H groups in total. The Kier molecular flexibility index (Phi) is 8.65. The van der Waals surface area contributed by atoms with Gasteiger partial charge in [0.05, 0.1) is 27.2 Å². The van der Waals surface area contributed by atoms with Gasteiger partial charge in [-0.25, -0.2) is 0 Å². The van der Waals surface area contributed by atoms with Gasteiger partial charge in [0.2, 0.25) is 11.8 Å². The van der Waals surface area contributed by atoms with Crippen molar-refractivity contribution in [1.82, 2.24) is 9.80 Å². The molecule has 1 aliphatic carbocycles. The van der Waals surface area contributed by atoms with Gasteiger partial charge in [-0.15, -0.1) is 11.3 Å². The molecule has 6 nitrogen and oxygen atoms in total. The zero-order valence-electron chi connectivity index (χ0n) is 21.2. The Bertz CT molecular complexity index is 1170. The Morgan fingerprint density at radius 2 is 1.67 bits per heavy atom. The number of hydrogen-bond acceptors (Lipinski definition) is 5. The van der Waals surface area contributed by atoms with E-state index >= 15 is 0 Å². The molecule has 2 aromatic carbocycles. The van der Waals surface area contributed by atoms with Crippen molar-refractivity contribution in [1.29, 1.82) is 0 Å². The van der Waals surface area contributed by atoms with Gasteiger partial charge in [0.25, 0.3) is 0 Å². The van der Waals surface area contributed by atoms with Crippen LogP contribution in [0.25, 0.3) is 0 Å². The second-order valence-corrected chi connectivity index (χ2v) is 10.6. The molecular weight excluding hydrogens is 472 g/mol. The average molecular weight is 507 g/mol. The predicted molar refractivity (Wildman–Crippen MR) is 143 cm³/mol. The minimum atomic E-state index is -0.0187. The number of thiophene rings is 1. The molecule has 1 aromatic heterocycles. The summed E-state index contributed by atoms with van der Waals surface area (Å²) in [6.45, 7) is 3.28. The van der Waals surface area contributed by atoms with E-state index in [9.17, 15) is 9.59 Å². The van der Waals surface area contributed by atoms with Crippen LogP contribution in [-0.2, 0) is 29.0 Å². The van der Waals surface area contributed by atoms with Crippen LogP contribution in [0.5, 0.6) is 11.5 Å². The van der Waals surface area contributed by atoms with Crippen LogP contribution in [0.15, 0.2) is 60.7 Å². The Morgan fingerprint density at radius 3 is 2.31 bits per heavy atom. The Hall–Kier alpha value is -3.32. The first-order valence-electron chi connectivity index (χ1n) is 12.3. The monoisotopic (exact) mass is 506 g/mol. The first-order valence-corrected chi connectivity index (χ1v) is 13.2. The van der Waals surface area contributed by atoms with Crippen LogP contribution >= 0.6 is 11.3 Å². The highest BCUT2D eigenvalue weighted by molar-refractivity contribution is 7.11. The molecule has 2 amide bonds. The molecule has 0 saturated heterocycles. The number of benzene rings is 2. The van der Waals surface area contributed by atoms with Crippen molar-refractivity contribution in [3.8, 4) is 11.5 Å². The number of hydrogen-bond donors (Lipinski definition) is 0. The topological polar surface area (TPSA) is 59.1 Å². The Labute approximate surface area is 217 Å². The van der Waals surface area contributed by atoms with E-state index in [1.807, 2.05) is 53.4 Å². The lowest BCUT2D eigenvalue weighted by atomic mass is 10.1. The minimum Gasteiger partial charge on any atom is -0.493 e. The SMILES string of the molecule is COc1ccc(CCN(Cc2ccc(C)s2)C(=O)CN(C(=O)Cc2ccccc2)C2CC2)cc1OC. The summed E-state index contributed by atoms with van der Waals surface area (Å²) in [5.74, 6) is 1.35. The van der Waals surface area contributed by atoms with Gasteiger partial charge in [-0.2, -0.15) is 0 Å². The fourth-order valence-electron chi connectivity index (χ4n) is 4.28. The molecule has 0 atom stereocenters. The minimum absolute atomic E-state index is 0.0175. The molecule has 1 aliphatic rings. The lowest BCUT2D eigenvalue weighted by Gasteiger charge is -2.28. The maximum Gasteiger partial charge on any atom is 0.242 e. The van der Waals surface area contributed by atoms with E-state index in [4.69, 9.17) is 9.47 Å². The standard InChI is InChI=1S/C29H34N2O4S/c1-21-9-13-25(36-21)19-30(16-15-23-10-14-26(34-2)27(17-23)35-3)29(33)20-31(24-11-12-24)28(32)18-22-7-5-4-6-8-22/h4-10,13-14,17,24H,11-12,15-16,18-20H2,1-3H3. The number of carbonyl (C=O) groups excluding carboxylic acids is 2. The summed E-state index contributed by atoms with van der Waals surface area (Å²) < 4.78 is 10.8. The molecule has 0 unspecified atom stereocenters. The molecule has 1 saturated carbocycles.